The van der Waals surface area contributed by atoms with Gasteiger partial charge in [0.2, 0.25) is 0 Å². The first-order valence-corrected chi connectivity index (χ1v) is 6.90. The van der Waals surface area contributed by atoms with Crippen LogP contribution in [0.2, 0.25) is 0 Å². The van der Waals surface area contributed by atoms with Gasteiger partial charge in [-0.25, -0.2) is 4.39 Å². The predicted octanol–water partition coefficient (Wildman–Crippen LogP) is 3.26. The number of hydrogen-bond donors (Lipinski definition) is 0. The van der Waals surface area contributed by atoms with Crippen LogP contribution in [0.1, 0.15) is 46.9 Å². The fourth-order valence-corrected chi connectivity index (χ4v) is 4.77. The molecule has 0 heterocycles. The SMILES string of the molecule is CC12CCC(C1)C1C(=O)c3c(F)cccc3C(=O)C12. The van der Waals surface area contributed by atoms with Gasteiger partial charge in [0.15, 0.2) is 11.6 Å². The summed E-state index contributed by atoms with van der Waals surface area (Å²) in [5, 5.41) is 0. The van der Waals surface area contributed by atoms with Gasteiger partial charge in [-0.15, -0.1) is 0 Å². The summed E-state index contributed by atoms with van der Waals surface area (Å²) in [5.41, 5.74) is 0.302. The van der Waals surface area contributed by atoms with E-state index in [2.05, 4.69) is 6.92 Å². The third kappa shape index (κ3) is 1.21. The minimum atomic E-state index is -0.540. The van der Waals surface area contributed by atoms with E-state index in [0.717, 1.165) is 19.3 Å². The molecule has 1 aromatic rings. The lowest BCUT2D eigenvalue weighted by molar-refractivity contribution is 0.0569. The lowest BCUT2D eigenvalue weighted by Crippen LogP contribution is -2.43. The Kier molecular flexibility index (Phi) is 1.98. The molecule has 0 aliphatic heterocycles. The zero-order valence-electron chi connectivity index (χ0n) is 10.8. The Labute approximate surface area is 111 Å². The molecule has 98 valence electrons. The van der Waals surface area contributed by atoms with Gasteiger partial charge in [-0.3, -0.25) is 9.59 Å². The molecule has 0 amide bonds. The molecule has 0 N–H and O–H groups in total. The van der Waals surface area contributed by atoms with E-state index in [1.165, 1.54) is 12.1 Å². The number of fused-ring (bicyclic) bond motifs is 6. The molecular weight excluding hydrogens is 243 g/mol. The average molecular weight is 258 g/mol. The van der Waals surface area contributed by atoms with Crippen LogP contribution in [0.25, 0.3) is 0 Å². The maximum absolute atomic E-state index is 13.9. The van der Waals surface area contributed by atoms with E-state index in [-0.39, 0.29) is 40.3 Å². The van der Waals surface area contributed by atoms with Crippen molar-refractivity contribution >= 4 is 11.6 Å². The molecule has 2 nitrogen and oxygen atoms in total. The molecule has 2 bridgehead atoms. The van der Waals surface area contributed by atoms with E-state index in [4.69, 9.17) is 0 Å². The van der Waals surface area contributed by atoms with Crippen LogP contribution in [0.15, 0.2) is 18.2 Å². The maximum Gasteiger partial charge on any atom is 0.170 e. The number of carbonyl (C=O) groups excluding carboxylic acids is 2. The van der Waals surface area contributed by atoms with Crippen molar-refractivity contribution in [3.8, 4) is 0 Å². The summed E-state index contributed by atoms with van der Waals surface area (Å²) in [6.45, 7) is 2.12. The van der Waals surface area contributed by atoms with Crippen LogP contribution in [0.5, 0.6) is 0 Å². The first-order valence-electron chi connectivity index (χ1n) is 6.90. The van der Waals surface area contributed by atoms with E-state index in [1.54, 1.807) is 6.07 Å². The van der Waals surface area contributed by atoms with Gasteiger partial charge in [-0.2, -0.15) is 0 Å². The smallest absolute Gasteiger partial charge is 0.170 e. The molecule has 3 heteroatoms. The fourth-order valence-electron chi connectivity index (χ4n) is 4.77. The highest BCUT2D eigenvalue weighted by atomic mass is 19.1. The van der Waals surface area contributed by atoms with E-state index in [9.17, 15) is 14.0 Å². The lowest BCUT2D eigenvalue weighted by atomic mass is 9.62. The Morgan fingerprint density at radius 3 is 2.84 bits per heavy atom. The highest BCUT2D eigenvalue weighted by Crippen LogP contribution is 2.63. The monoisotopic (exact) mass is 258 g/mol. The number of ketones is 2. The predicted molar refractivity (Wildman–Crippen MR) is 67.5 cm³/mol. The number of hydrogen-bond acceptors (Lipinski definition) is 2. The zero-order chi connectivity index (χ0) is 13.4. The third-order valence-electron chi connectivity index (χ3n) is 5.54. The number of Topliss-reactive ketones (excluding diaryl/α,β-unsaturated/α-hetero) is 2. The number of benzene rings is 1. The molecular formula is C16H15FO2. The van der Waals surface area contributed by atoms with Gasteiger partial charge in [0.1, 0.15) is 5.82 Å². The molecule has 19 heavy (non-hydrogen) atoms. The van der Waals surface area contributed by atoms with Gasteiger partial charge in [-0.1, -0.05) is 19.1 Å². The quantitative estimate of drug-likeness (QED) is 0.715. The number of rotatable bonds is 0. The van der Waals surface area contributed by atoms with Gasteiger partial charge in [0, 0.05) is 17.4 Å². The topological polar surface area (TPSA) is 34.1 Å². The second-order valence-corrected chi connectivity index (χ2v) is 6.55. The summed E-state index contributed by atoms with van der Waals surface area (Å²) in [4.78, 5) is 25.3. The largest absolute Gasteiger partial charge is 0.294 e. The molecule has 3 aliphatic carbocycles. The van der Waals surface area contributed by atoms with Crippen LogP contribution in [0.3, 0.4) is 0 Å². The van der Waals surface area contributed by atoms with Crippen molar-refractivity contribution in [3.63, 3.8) is 0 Å². The summed E-state index contributed by atoms with van der Waals surface area (Å²) < 4.78 is 13.9. The molecule has 2 saturated carbocycles. The maximum atomic E-state index is 13.9. The molecule has 0 aromatic heterocycles. The summed E-state index contributed by atoms with van der Waals surface area (Å²) >= 11 is 0. The van der Waals surface area contributed by atoms with Crippen LogP contribution in [-0.4, -0.2) is 11.6 Å². The van der Waals surface area contributed by atoms with Crippen molar-refractivity contribution in [1.82, 2.24) is 0 Å². The first kappa shape index (κ1) is 11.3. The normalized spacial score (nSPS) is 39.4. The second kappa shape index (κ2) is 3.33. The summed E-state index contributed by atoms with van der Waals surface area (Å²) in [7, 11) is 0. The highest BCUT2D eigenvalue weighted by molar-refractivity contribution is 6.16. The fraction of sp³-hybridized carbons (Fsp3) is 0.500. The van der Waals surface area contributed by atoms with Crippen molar-refractivity contribution in [2.45, 2.75) is 26.2 Å². The number of carbonyl (C=O) groups is 2. The van der Waals surface area contributed by atoms with Gasteiger partial charge in [0.05, 0.1) is 5.56 Å². The van der Waals surface area contributed by atoms with E-state index in [1.807, 2.05) is 0 Å². The zero-order valence-corrected chi connectivity index (χ0v) is 10.8. The van der Waals surface area contributed by atoms with Crippen molar-refractivity contribution in [1.29, 1.82) is 0 Å². The van der Waals surface area contributed by atoms with Gasteiger partial charge >= 0.3 is 0 Å². The van der Waals surface area contributed by atoms with Crippen molar-refractivity contribution in [2.24, 2.45) is 23.2 Å². The first-order chi connectivity index (χ1) is 9.03. The molecule has 3 aliphatic rings. The van der Waals surface area contributed by atoms with Crippen LogP contribution < -0.4 is 0 Å². The van der Waals surface area contributed by atoms with Gasteiger partial charge in [-0.05, 0) is 36.7 Å². The van der Waals surface area contributed by atoms with Gasteiger partial charge < -0.3 is 0 Å². The third-order valence-corrected chi connectivity index (χ3v) is 5.54. The second-order valence-electron chi connectivity index (χ2n) is 6.55. The average Bonchev–Trinajstić information content (AvgIpc) is 2.89. The Hall–Kier alpha value is -1.51. The van der Waals surface area contributed by atoms with E-state index >= 15 is 0 Å². The molecule has 1 aromatic carbocycles. The lowest BCUT2D eigenvalue weighted by Gasteiger charge is -2.38. The molecule has 0 spiro atoms. The van der Waals surface area contributed by atoms with E-state index in [0.29, 0.717) is 5.56 Å². The minimum Gasteiger partial charge on any atom is -0.294 e. The number of halogens is 1. The summed E-state index contributed by atoms with van der Waals surface area (Å²) in [6, 6.07) is 4.40. The van der Waals surface area contributed by atoms with Crippen LogP contribution in [0, 0.1) is 29.0 Å². The Morgan fingerprint density at radius 1 is 1.26 bits per heavy atom. The summed E-state index contributed by atoms with van der Waals surface area (Å²) in [6.07, 6.45) is 2.96. The Balaban J connectivity index is 1.96. The van der Waals surface area contributed by atoms with Crippen molar-refractivity contribution < 1.29 is 14.0 Å². The molecule has 0 radical (unpaired) electrons. The highest BCUT2D eigenvalue weighted by Gasteiger charge is 2.62. The minimum absolute atomic E-state index is 0.0104. The molecule has 4 rings (SSSR count). The van der Waals surface area contributed by atoms with Crippen LogP contribution in [0.4, 0.5) is 4.39 Å². The molecule has 0 saturated heterocycles. The summed E-state index contributed by atoms with van der Waals surface area (Å²) in [5.74, 6) is -0.889. The standard InChI is InChI=1S/C16H15FO2/c1-16-6-5-8(7-16)11-13(16)14(18)9-3-2-4-10(17)12(9)15(11)19/h2-4,8,11,13H,5-7H2,1H3. The molecule has 4 unspecified atom stereocenters. The van der Waals surface area contributed by atoms with Crippen LogP contribution >= 0.6 is 0 Å². The Bertz CT molecular complexity index is 621. The molecule has 2 fully saturated rings. The van der Waals surface area contributed by atoms with Crippen LogP contribution in [-0.2, 0) is 0 Å². The Morgan fingerprint density at radius 2 is 2.05 bits per heavy atom. The van der Waals surface area contributed by atoms with E-state index < -0.39 is 5.82 Å². The van der Waals surface area contributed by atoms with Gasteiger partial charge in [0.25, 0.3) is 0 Å². The van der Waals surface area contributed by atoms with Crippen molar-refractivity contribution in [2.75, 3.05) is 0 Å². The van der Waals surface area contributed by atoms with Crippen molar-refractivity contribution in [3.05, 3.63) is 35.1 Å². The molecule has 4 atom stereocenters.